The highest BCUT2D eigenvalue weighted by Crippen LogP contribution is 2.14. The second kappa shape index (κ2) is 8.37. The van der Waals surface area contributed by atoms with Crippen molar-refractivity contribution >= 4 is 11.9 Å². The van der Waals surface area contributed by atoms with Gasteiger partial charge in [0.2, 0.25) is 5.91 Å². The van der Waals surface area contributed by atoms with Crippen LogP contribution in [0.25, 0.3) is 0 Å². The van der Waals surface area contributed by atoms with E-state index in [1.807, 2.05) is 36.1 Å². The summed E-state index contributed by atoms with van der Waals surface area (Å²) in [6.07, 6.45) is 2.07. The number of aryl methyl sites for hydroxylation is 1. The topological polar surface area (TPSA) is 61.4 Å². The molecule has 1 heterocycles. The summed E-state index contributed by atoms with van der Waals surface area (Å²) in [6, 6.07) is 8.13. The van der Waals surface area contributed by atoms with Crippen LogP contribution in [0.2, 0.25) is 0 Å². The number of amides is 3. The van der Waals surface area contributed by atoms with Gasteiger partial charge in [-0.3, -0.25) is 4.79 Å². The maximum Gasteiger partial charge on any atom is 0.315 e. The third kappa shape index (κ3) is 6.77. The lowest BCUT2D eigenvalue weighted by Gasteiger charge is -2.32. The van der Waals surface area contributed by atoms with Crippen LogP contribution in [0, 0.1) is 12.3 Å². The summed E-state index contributed by atoms with van der Waals surface area (Å²) in [4.78, 5) is 26.3. The summed E-state index contributed by atoms with van der Waals surface area (Å²) in [5.41, 5.74) is 2.33. The summed E-state index contributed by atoms with van der Waals surface area (Å²) in [5, 5.41) is 5.93. The van der Waals surface area contributed by atoms with Crippen molar-refractivity contribution in [2.75, 3.05) is 19.6 Å². The molecular formula is C20H31N3O2. The zero-order valence-corrected chi connectivity index (χ0v) is 15.9. The predicted octanol–water partition coefficient (Wildman–Crippen LogP) is 2.87. The standard InChI is InChI=1S/C20H31N3O2/c1-15-5-7-16(8-6-15)13-18(24)23-11-9-17(10-12-23)22-19(25)21-14-20(2,3)4/h5-8,17H,9-14H2,1-4H3,(H2,21,22,25). The number of hydrogen-bond donors (Lipinski definition) is 2. The Kier molecular flexibility index (Phi) is 6.45. The first-order chi connectivity index (χ1) is 11.7. The molecule has 0 unspecified atom stereocenters. The molecule has 0 aliphatic carbocycles. The number of likely N-dealkylation sites (tertiary alicyclic amines) is 1. The average molecular weight is 345 g/mol. The van der Waals surface area contributed by atoms with Gasteiger partial charge in [0.25, 0.3) is 0 Å². The van der Waals surface area contributed by atoms with Crippen LogP contribution >= 0.6 is 0 Å². The van der Waals surface area contributed by atoms with Crippen LogP contribution in [0.3, 0.4) is 0 Å². The van der Waals surface area contributed by atoms with E-state index in [0.29, 0.717) is 26.1 Å². The lowest BCUT2D eigenvalue weighted by Crippen LogP contribution is -2.50. The number of benzene rings is 1. The Morgan fingerprint density at radius 1 is 1.12 bits per heavy atom. The van der Waals surface area contributed by atoms with Crippen LogP contribution in [0.4, 0.5) is 4.79 Å². The quantitative estimate of drug-likeness (QED) is 0.881. The van der Waals surface area contributed by atoms with Gasteiger partial charge < -0.3 is 15.5 Å². The van der Waals surface area contributed by atoms with Crippen molar-refractivity contribution < 1.29 is 9.59 Å². The zero-order valence-electron chi connectivity index (χ0n) is 15.9. The molecule has 1 aromatic carbocycles. The molecule has 0 aromatic heterocycles. The minimum absolute atomic E-state index is 0.0725. The van der Waals surface area contributed by atoms with Gasteiger partial charge in [-0.05, 0) is 30.7 Å². The number of nitrogens with one attached hydrogen (secondary N) is 2. The van der Waals surface area contributed by atoms with Crippen molar-refractivity contribution in [1.82, 2.24) is 15.5 Å². The number of piperidine rings is 1. The highest BCUT2D eigenvalue weighted by molar-refractivity contribution is 5.79. The summed E-state index contributed by atoms with van der Waals surface area (Å²) in [5.74, 6) is 0.166. The van der Waals surface area contributed by atoms with E-state index in [1.165, 1.54) is 5.56 Å². The van der Waals surface area contributed by atoms with E-state index < -0.39 is 0 Å². The Morgan fingerprint density at radius 2 is 1.72 bits per heavy atom. The van der Waals surface area contributed by atoms with Crippen molar-refractivity contribution in [3.8, 4) is 0 Å². The molecule has 5 heteroatoms. The highest BCUT2D eigenvalue weighted by atomic mass is 16.2. The smallest absolute Gasteiger partial charge is 0.315 e. The number of carbonyl (C=O) groups excluding carboxylic acids is 2. The van der Waals surface area contributed by atoms with Crippen molar-refractivity contribution in [3.63, 3.8) is 0 Å². The SMILES string of the molecule is Cc1ccc(CC(=O)N2CCC(NC(=O)NCC(C)(C)C)CC2)cc1. The Bertz CT molecular complexity index is 582. The van der Waals surface area contributed by atoms with E-state index in [1.54, 1.807) is 0 Å². The van der Waals surface area contributed by atoms with Gasteiger partial charge in [0.15, 0.2) is 0 Å². The van der Waals surface area contributed by atoms with Crippen molar-refractivity contribution in [3.05, 3.63) is 35.4 Å². The lowest BCUT2D eigenvalue weighted by molar-refractivity contribution is -0.131. The van der Waals surface area contributed by atoms with Gasteiger partial charge in [-0.2, -0.15) is 0 Å². The maximum atomic E-state index is 12.4. The molecular weight excluding hydrogens is 314 g/mol. The number of hydrogen-bond acceptors (Lipinski definition) is 2. The van der Waals surface area contributed by atoms with E-state index in [4.69, 9.17) is 0 Å². The number of rotatable bonds is 4. The molecule has 0 atom stereocenters. The molecule has 1 aliphatic rings. The minimum atomic E-state index is -0.112. The molecule has 2 rings (SSSR count). The molecule has 0 radical (unpaired) electrons. The summed E-state index contributed by atoms with van der Waals surface area (Å²) >= 11 is 0. The normalized spacial score (nSPS) is 15.8. The van der Waals surface area contributed by atoms with Gasteiger partial charge >= 0.3 is 6.03 Å². The molecule has 1 aromatic rings. The molecule has 138 valence electrons. The molecule has 0 spiro atoms. The van der Waals surface area contributed by atoms with Crippen molar-refractivity contribution in [2.45, 2.75) is 53.0 Å². The molecule has 3 amide bonds. The fourth-order valence-electron chi connectivity index (χ4n) is 2.85. The largest absolute Gasteiger partial charge is 0.342 e. The highest BCUT2D eigenvalue weighted by Gasteiger charge is 2.24. The monoisotopic (exact) mass is 345 g/mol. The molecule has 1 aliphatic heterocycles. The van der Waals surface area contributed by atoms with Crippen LogP contribution in [0.1, 0.15) is 44.7 Å². The van der Waals surface area contributed by atoms with E-state index in [0.717, 1.165) is 18.4 Å². The Hall–Kier alpha value is -2.04. The van der Waals surface area contributed by atoms with Crippen LogP contribution in [0.5, 0.6) is 0 Å². The van der Waals surface area contributed by atoms with Gasteiger partial charge in [0, 0.05) is 25.7 Å². The molecule has 1 saturated heterocycles. The van der Waals surface area contributed by atoms with Crippen LogP contribution in [0.15, 0.2) is 24.3 Å². The first kappa shape index (κ1) is 19.3. The zero-order chi connectivity index (χ0) is 18.4. The molecule has 2 N–H and O–H groups in total. The number of carbonyl (C=O) groups is 2. The van der Waals surface area contributed by atoms with Gasteiger partial charge in [-0.15, -0.1) is 0 Å². The van der Waals surface area contributed by atoms with Crippen LogP contribution in [-0.4, -0.2) is 42.5 Å². The average Bonchev–Trinajstić information content (AvgIpc) is 2.55. The molecule has 0 saturated carbocycles. The molecule has 5 nitrogen and oxygen atoms in total. The first-order valence-electron chi connectivity index (χ1n) is 9.11. The third-order valence-corrected chi connectivity index (χ3v) is 4.44. The van der Waals surface area contributed by atoms with E-state index in [2.05, 4.69) is 31.4 Å². The first-order valence-corrected chi connectivity index (χ1v) is 9.11. The van der Waals surface area contributed by atoms with Crippen molar-refractivity contribution in [2.24, 2.45) is 5.41 Å². The van der Waals surface area contributed by atoms with Gasteiger partial charge in [0.05, 0.1) is 6.42 Å². The Morgan fingerprint density at radius 3 is 2.28 bits per heavy atom. The maximum absolute atomic E-state index is 12.4. The van der Waals surface area contributed by atoms with Gasteiger partial charge in [-0.1, -0.05) is 50.6 Å². The minimum Gasteiger partial charge on any atom is -0.342 e. The third-order valence-electron chi connectivity index (χ3n) is 4.44. The van der Waals surface area contributed by atoms with E-state index in [-0.39, 0.29) is 23.4 Å². The van der Waals surface area contributed by atoms with E-state index >= 15 is 0 Å². The molecule has 25 heavy (non-hydrogen) atoms. The van der Waals surface area contributed by atoms with E-state index in [9.17, 15) is 9.59 Å². The molecule has 0 bridgehead atoms. The number of nitrogens with zero attached hydrogens (tertiary/aromatic N) is 1. The second-order valence-electron chi connectivity index (χ2n) is 8.21. The fourth-order valence-corrected chi connectivity index (χ4v) is 2.85. The summed E-state index contributed by atoms with van der Waals surface area (Å²) < 4.78 is 0. The Balaban J connectivity index is 1.72. The van der Waals surface area contributed by atoms with Gasteiger partial charge in [0.1, 0.15) is 0 Å². The summed E-state index contributed by atoms with van der Waals surface area (Å²) in [6.45, 7) is 10.4. The van der Waals surface area contributed by atoms with Crippen LogP contribution in [-0.2, 0) is 11.2 Å². The predicted molar refractivity (Wildman–Crippen MR) is 100 cm³/mol. The lowest BCUT2D eigenvalue weighted by atomic mass is 9.97. The van der Waals surface area contributed by atoms with Crippen molar-refractivity contribution in [1.29, 1.82) is 0 Å². The van der Waals surface area contributed by atoms with Crippen LogP contribution < -0.4 is 10.6 Å². The number of urea groups is 1. The molecule has 1 fully saturated rings. The summed E-state index contributed by atoms with van der Waals surface area (Å²) in [7, 11) is 0. The fraction of sp³-hybridized carbons (Fsp3) is 0.600. The van der Waals surface area contributed by atoms with Gasteiger partial charge in [-0.25, -0.2) is 4.79 Å². The second-order valence-corrected chi connectivity index (χ2v) is 8.21. The Labute approximate surface area is 151 Å².